The van der Waals surface area contributed by atoms with Crippen LogP contribution >= 0.6 is 0 Å². The van der Waals surface area contributed by atoms with Crippen LogP contribution in [0, 0.1) is 27.7 Å². The van der Waals surface area contributed by atoms with Crippen LogP contribution < -0.4 is 10.6 Å². The predicted octanol–water partition coefficient (Wildman–Crippen LogP) is 4.62. The van der Waals surface area contributed by atoms with E-state index in [1.165, 1.54) is 0 Å². The zero-order chi connectivity index (χ0) is 26.8. The molecule has 0 spiro atoms. The van der Waals surface area contributed by atoms with E-state index in [1.807, 2.05) is 64.1 Å². The van der Waals surface area contributed by atoms with E-state index >= 15 is 0 Å². The minimum atomic E-state index is -0.548. The quantitative estimate of drug-likeness (QED) is 0.389. The zero-order valence-electron chi connectivity index (χ0n) is 22.6. The summed E-state index contributed by atoms with van der Waals surface area (Å²) < 4.78 is -0.647. The van der Waals surface area contributed by atoms with Crippen LogP contribution in [0.4, 0.5) is 11.4 Å². The van der Waals surface area contributed by atoms with Crippen molar-refractivity contribution in [3.05, 3.63) is 58.7 Å². The fourth-order valence-corrected chi connectivity index (χ4v) is 6.20. The maximum Gasteiger partial charge on any atom is 0.285 e. The third-order valence-corrected chi connectivity index (χ3v) is 8.36. The highest BCUT2D eigenvalue weighted by molar-refractivity contribution is 5.96. The molecule has 2 saturated heterocycles. The van der Waals surface area contributed by atoms with E-state index in [9.17, 15) is 20.0 Å². The minimum Gasteiger partial charge on any atom is -0.320 e. The predicted molar refractivity (Wildman–Crippen MR) is 143 cm³/mol. The van der Waals surface area contributed by atoms with Crippen LogP contribution in [-0.4, -0.2) is 69.8 Å². The first kappa shape index (κ1) is 27.3. The Morgan fingerprint density at radius 3 is 1.43 bits per heavy atom. The number of quaternary nitrogens is 2. The Balaban J connectivity index is 1.38. The van der Waals surface area contributed by atoms with Gasteiger partial charge >= 0.3 is 0 Å². The Kier molecular flexibility index (Phi) is 8.04. The van der Waals surface area contributed by atoms with E-state index in [4.69, 9.17) is 0 Å². The second-order valence-corrected chi connectivity index (χ2v) is 11.1. The largest absolute Gasteiger partial charge is 0.320 e. The molecule has 2 unspecified atom stereocenters. The number of hydrogen-bond donors (Lipinski definition) is 4. The third kappa shape index (κ3) is 5.72. The van der Waals surface area contributed by atoms with Crippen molar-refractivity contribution in [2.75, 3.05) is 36.8 Å². The highest BCUT2D eigenvalue weighted by atomic mass is 16.6. The summed E-state index contributed by atoms with van der Waals surface area (Å²) in [6.45, 7) is 9.58. The molecule has 2 amide bonds. The van der Waals surface area contributed by atoms with Gasteiger partial charge in [0.2, 0.25) is 0 Å². The lowest BCUT2D eigenvalue weighted by Gasteiger charge is -2.34. The van der Waals surface area contributed by atoms with Crippen molar-refractivity contribution in [3.63, 3.8) is 0 Å². The van der Waals surface area contributed by atoms with Gasteiger partial charge in [-0.1, -0.05) is 36.4 Å². The SMILES string of the molecule is Cc1cccc(C)c1NC(=O)[C@@H]1CCC[N+]1(O)CCC[N+]1(O)CCC[C@H]1C(=O)Nc1c(C)cccc1C. The first-order valence-corrected chi connectivity index (χ1v) is 13.5. The van der Waals surface area contributed by atoms with E-state index in [0.29, 0.717) is 45.4 Å². The molecule has 200 valence electrons. The van der Waals surface area contributed by atoms with Crippen molar-refractivity contribution in [1.29, 1.82) is 0 Å². The molecule has 2 fully saturated rings. The third-order valence-electron chi connectivity index (χ3n) is 8.36. The highest BCUT2D eigenvalue weighted by Crippen LogP contribution is 2.31. The van der Waals surface area contributed by atoms with Gasteiger partial charge in [0.25, 0.3) is 11.8 Å². The second kappa shape index (κ2) is 10.9. The van der Waals surface area contributed by atoms with Gasteiger partial charge in [-0.25, -0.2) is 10.4 Å². The number of para-hydroxylation sites is 2. The topological polar surface area (TPSA) is 98.7 Å². The van der Waals surface area contributed by atoms with E-state index in [1.54, 1.807) is 0 Å². The summed E-state index contributed by atoms with van der Waals surface area (Å²) in [5, 5.41) is 29.0. The van der Waals surface area contributed by atoms with Gasteiger partial charge < -0.3 is 10.6 Å². The average Bonchev–Trinajstić information content (AvgIpc) is 3.41. The Morgan fingerprint density at radius 2 is 1.08 bits per heavy atom. The lowest BCUT2D eigenvalue weighted by molar-refractivity contribution is -1.12. The molecule has 8 heteroatoms. The molecule has 0 aliphatic carbocycles. The molecule has 37 heavy (non-hydrogen) atoms. The van der Waals surface area contributed by atoms with Crippen LogP contribution in [0.2, 0.25) is 0 Å². The smallest absolute Gasteiger partial charge is 0.285 e. The standard InChI is InChI=1S/C29H40N4O4/c1-20-10-5-11-21(2)26(20)30-28(34)24-14-7-16-32(24,36)18-9-19-33(37)17-8-15-25(33)29(35)31-27-22(3)12-6-13-23(27)4/h5-6,10-13,24-25,36-37H,7-9,14-19H2,1-4H3/p+2/t24-,25-,32?,33?/m0/s1. The lowest BCUT2D eigenvalue weighted by Crippen LogP contribution is -2.57. The van der Waals surface area contributed by atoms with Gasteiger partial charge in [0, 0.05) is 37.1 Å². The Bertz CT molecular complexity index is 1040. The van der Waals surface area contributed by atoms with Crippen LogP contribution in [0.25, 0.3) is 0 Å². The van der Waals surface area contributed by atoms with Crippen molar-refractivity contribution >= 4 is 23.2 Å². The Morgan fingerprint density at radius 1 is 0.730 bits per heavy atom. The van der Waals surface area contributed by atoms with Crippen molar-refractivity contribution in [1.82, 2.24) is 0 Å². The highest BCUT2D eigenvalue weighted by Gasteiger charge is 2.49. The van der Waals surface area contributed by atoms with Crippen molar-refractivity contribution in [2.24, 2.45) is 0 Å². The molecular weight excluding hydrogens is 468 g/mol. The van der Waals surface area contributed by atoms with Crippen LogP contribution in [-0.2, 0) is 9.59 Å². The number of carbonyl (C=O) groups is 2. The minimum absolute atomic E-state index is 0.169. The number of carbonyl (C=O) groups excluding carboxylic acids is 2. The summed E-state index contributed by atoms with van der Waals surface area (Å²) in [6.07, 6.45) is 3.27. The number of likely N-dealkylation sites (tertiary alicyclic amines) is 2. The summed E-state index contributed by atoms with van der Waals surface area (Å²) in [5.41, 5.74) is 5.59. The van der Waals surface area contributed by atoms with Crippen LogP contribution in [0.3, 0.4) is 0 Å². The first-order chi connectivity index (χ1) is 17.5. The Hall–Kier alpha value is -2.78. The maximum atomic E-state index is 13.2. The number of hydroxylamine groups is 6. The van der Waals surface area contributed by atoms with Crippen LogP contribution in [0.5, 0.6) is 0 Å². The van der Waals surface area contributed by atoms with Crippen molar-refractivity contribution in [3.8, 4) is 0 Å². The summed E-state index contributed by atoms with van der Waals surface area (Å²) in [4.78, 5) is 26.4. The molecule has 2 aliphatic heterocycles. The lowest BCUT2D eigenvalue weighted by atomic mass is 10.1. The van der Waals surface area contributed by atoms with Gasteiger partial charge in [-0.3, -0.25) is 9.59 Å². The van der Waals surface area contributed by atoms with Gasteiger partial charge in [0.15, 0.2) is 12.1 Å². The fraction of sp³-hybridized carbons (Fsp3) is 0.517. The first-order valence-electron chi connectivity index (χ1n) is 13.5. The normalized spacial score (nSPS) is 27.3. The second-order valence-electron chi connectivity index (χ2n) is 11.1. The summed E-state index contributed by atoms with van der Waals surface area (Å²) in [6, 6.07) is 10.7. The summed E-state index contributed by atoms with van der Waals surface area (Å²) in [7, 11) is 0. The molecule has 0 aromatic heterocycles. The average molecular weight is 511 g/mol. The Labute approximate surface area is 220 Å². The molecule has 4 N–H and O–H groups in total. The van der Waals surface area contributed by atoms with E-state index in [0.717, 1.165) is 46.5 Å². The van der Waals surface area contributed by atoms with Crippen LogP contribution in [0.15, 0.2) is 36.4 Å². The number of hydrogen-bond acceptors (Lipinski definition) is 4. The summed E-state index contributed by atoms with van der Waals surface area (Å²) in [5.74, 6) is -0.338. The van der Waals surface area contributed by atoms with E-state index < -0.39 is 12.1 Å². The zero-order valence-corrected chi connectivity index (χ0v) is 22.6. The molecule has 4 atom stereocenters. The van der Waals surface area contributed by atoms with E-state index in [2.05, 4.69) is 10.6 Å². The fourth-order valence-electron chi connectivity index (χ4n) is 6.20. The number of benzene rings is 2. The molecule has 2 aliphatic rings. The molecule has 0 bridgehead atoms. The molecule has 8 nitrogen and oxygen atoms in total. The molecule has 2 heterocycles. The molecular formula is C29H42N4O4+2. The van der Waals surface area contributed by atoms with Crippen molar-refractivity contribution < 1.29 is 29.3 Å². The van der Waals surface area contributed by atoms with Gasteiger partial charge in [-0.05, 0) is 49.9 Å². The van der Waals surface area contributed by atoms with E-state index in [-0.39, 0.29) is 21.1 Å². The van der Waals surface area contributed by atoms with Gasteiger partial charge in [0.1, 0.15) is 26.2 Å². The van der Waals surface area contributed by atoms with Gasteiger partial charge in [-0.15, -0.1) is 0 Å². The number of rotatable bonds is 8. The monoisotopic (exact) mass is 510 g/mol. The van der Waals surface area contributed by atoms with Crippen molar-refractivity contribution in [2.45, 2.75) is 71.9 Å². The van der Waals surface area contributed by atoms with Gasteiger partial charge in [0.05, 0.1) is 6.42 Å². The molecule has 4 rings (SSSR count). The summed E-state index contributed by atoms with van der Waals surface area (Å²) >= 11 is 0. The molecule has 0 saturated carbocycles. The van der Waals surface area contributed by atoms with Crippen LogP contribution in [0.1, 0.15) is 54.4 Å². The number of aryl methyl sites for hydroxylation is 4. The number of anilines is 2. The number of nitrogens with one attached hydrogen (secondary N) is 2. The van der Waals surface area contributed by atoms with Gasteiger partial charge in [-0.2, -0.15) is 9.29 Å². The maximum absolute atomic E-state index is 13.2. The number of amides is 2. The molecule has 2 aromatic carbocycles. The molecule has 2 aromatic rings. The molecule has 0 radical (unpaired) electrons. The number of nitrogens with zero attached hydrogens (tertiary/aromatic N) is 2.